The molecule has 1 N–H and O–H groups in total. The molecule has 136 valence electrons. The largest absolute Gasteiger partial charge is 0.493 e. The number of carbonyl (C=O) groups excluding carboxylic acids is 2. The number of nitro groups is 1. The van der Waals surface area contributed by atoms with E-state index < -0.39 is 29.1 Å². The minimum Gasteiger partial charge on any atom is -0.493 e. The Hall–Kier alpha value is -3.62. The predicted octanol–water partition coefficient (Wildman–Crippen LogP) is 2.41. The first-order valence-electron chi connectivity index (χ1n) is 7.38. The van der Waals surface area contributed by atoms with Crippen LogP contribution in [0.25, 0.3) is 0 Å². The molecule has 0 aliphatic rings. The van der Waals surface area contributed by atoms with Crippen molar-refractivity contribution in [2.24, 2.45) is 0 Å². The molecule has 0 bridgehead atoms. The van der Waals surface area contributed by atoms with E-state index in [0.717, 1.165) is 12.1 Å². The van der Waals surface area contributed by atoms with Gasteiger partial charge in [0.2, 0.25) is 0 Å². The van der Waals surface area contributed by atoms with Crippen LogP contribution in [0.15, 0.2) is 42.5 Å². The van der Waals surface area contributed by atoms with Gasteiger partial charge in [0.1, 0.15) is 5.56 Å². The Morgan fingerprint density at radius 1 is 1.08 bits per heavy atom. The number of ether oxygens (including phenoxy) is 3. The van der Waals surface area contributed by atoms with E-state index in [0.29, 0.717) is 5.69 Å². The molecule has 9 nitrogen and oxygen atoms in total. The van der Waals surface area contributed by atoms with E-state index in [1.54, 1.807) is 30.3 Å². The fourth-order valence-corrected chi connectivity index (χ4v) is 2.11. The molecule has 2 aromatic rings. The second-order valence-corrected chi connectivity index (χ2v) is 4.97. The van der Waals surface area contributed by atoms with Crippen LogP contribution in [0, 0.1) is 10.1 Å². The van der Waals surface area contributed by atoms with Gasteiger partial charge in [-0.05, 0) is 12.1 Å². The molecule has 2 rings (SSSR count). The van der Waals surface area contributed by atoms with E-state index >= 15 is 0 Å². The lowest BCUT2D eigenvalue weighted by Crippen LogP contribution is -2.21. The topological polar surface area (TPSA) is 117 Å². The molecule has 0 spiro atoms. The third-order valence-corrected chi connectivity index (χ3v) is 3.31. The van der Waals surface area contributed by atoms with Crippen LogP contribution in [-0.4, -0.2) is 37.6 Å². The first kappa shape index (κ1) is 18.7. The zero-order valence-electron chi connectivity index (χ0n) is 14.1. The molecule has 0 atom stereocenters. The van der Waals surface area contributed by atoms with Gasteiger partial charge in [0.05, 0.1) is 25.2 Å². The first-order valence-corrected chi connectivity index (χ1v) is 7.38. The van der Waals surface area contributed by atoms with E-state index in [1.165, 1.54) is 14.2 Å². The number of hydrogen-bond donors (Lipinski definition) is 1. The van der Waals surface area contributed by atoms with Gasteiger partial charge in [-0.25, -0.2) is 4.79 Å². The molecule has 0 aliphatic carbocycles. The van der Waals surface area contributed by atoms with Crippen molar-refractivity contribution >= 4 is 23.3 Å². The van der Waals surface area contributed by atoms with Gasteiger partial charge in [-0.1, -0.05) is 18.2 Å². The van der Waals surface area contributed by atoms with Crippen molar-refractivity contribution in [2.75, 3.05) is 26.1 Å². The van der Waals surface area contributed by atoms with Crippen LogP contribution < -0.4 is 14.8 Å². The van der Waals surface area contributed by atoms with Crippen molar-refractivity contribution in [3.05, 3.63) is 58.1 Å². The molecule has 0 heterocycles. The zero-order chi connectivity index (χ0) is 19.1. The highest BCUT2D eigenvalue weighted by Crippen LogP contribution is 2.34. The number of methoxy groups -OCH3 is 2. The second-order valence-electron chi connectivity index (χ2n) is 4.97. The summed E-state index contributed by atoms with van der Waals surface area (Å²) in [7, 11) is 2.64. The van der Waals surface area contributed by atoms with E-state index in [2.05, 4.69) is 5.32 Å². The van der Waals surface area contributed by atoms with Gasteiger partial charge in [0.15, 0.2) is 18.1 Å². The number of esters is 1. The van der Waals surface area contributed by atoms with Crippen molar-refractivity contribution < 1.29 is 28.7 Å². The Labute approximate surface area is 148 Å². The summed E-state index contributed by atoms with van der Waals surface area (Å²) in [6.45, 7) is -0.598. The maximum absolute atomic E-state index is 12.2. The maximum Gasteiger partial charge on any atom is 0.345 e. The fourth-order valence-electron chi connectivity index (χ4n) is 2.11. The summed E-state index contributed by atoms with van der Waals surface area (Å²) in [5, 5.41) is 13.7. The molecular formula is C17H16N2O7. The lowest BCUT2D eigenvalue weighted by Gasteiger charge is -2.10. The minimum atomic E-state index is -1.03. The number of hydrogen-bond acceptors (Lipinski definition) is 7. The van der Waals surface area contributed by atoms with Crippen LogP contribution in [0.2, 0.25) is 0 Å². The summed E-state index contributed by atoms with van der Waals surface area (Å²) in [6.07, 6.45) is 0. The summed E-state index contributed by atoms with van der Waals surface area (Å²) >= 11 is 0. The molecule has 1 amide bonds. The Balaban J connectivity index is 2.13. The number of nitrogens with zero attached hydrogens (tertiary/aromatic N) is 1. The number of nitro benzene ring substituents is 1. The van der Waals surface area contributed by atoms with Gasteiger partial charge >= 0.3 is 5.97 Å². The Kier molecular flexibility index (Phi) is 6.10. The summed E-state index contributed by atoms with van der Waals surface area (Å²) in [6, 6.07) is 10.8. The van der Waals surface area contributed by atoms with Crippen LogP contribution in [0.4, 0.5) is 11.4 Å². The van der Waals surface area contributed by atoms with Crippen molar-refractivity contribution in [2.45, 2.75) is 0 Å². The van der Waals surface area contributed by atoms with Gasteiger partial charge in [-0.15, -0.1) is 0 Å². The average molecular weight is 360 g/mol. The average Bonchev–Trinajstić information content (AvgIpc) is 2.65. The smallest absolute Gasteiger partial charge is 0.345 e. The Morgan fingerprint density at radius 2 is 1.69 bits per heavy atom. The lowest BCUT2D eigenvalue weighted by molar-refractivity contribution is -0.385. The molecule has 0 aliphatic heterocycles. The van der Waals surface area contributed by atoms with Crippen LogP contribution in [0.5, 0.6) is 11.5 Å². The SMILES string of the molecule is COc1cc(C(=O)OCC(=O)Nc2ccccc2)c([N+](=O)[O-])cc1OC. The molecule has 0 fully saturated rings. The number of carbonyl (C=O) groups is 2. The van der Waals surface area contributed by atoms with Crippen molar-refractivity contribution in [3.8, 4) is 11.5 Å². The normalized spacial score (nSPS) is 9.92. The summed E-state index contributed by atoms with van der Waals surface area (Å²) in [5.74, 6) is -1.38. The monoisotopic (exact) mass is 360 g/mol. The van der Waals surface area contributed by atoms with E-state index in [4.69, 9.17) is 14.2 Å². The third kappa shape index (κ3) is 4.47. The van der Waals surface area contributed by atoms with Crippen LogP contribution >= 0.6 is 0 Å². The fraction of sp³-hybridized carbons (Fsp3) is 0.176. The summed E-state index contributed by atoms with van der Waals surface area (Å²) in [4.78, 5) is 34.5. The highest BCUT2D eigenvalue weighted by molar-refractivity contribution is 5.98. The van der Waals surface area contributed by atoms with Crippen molar-refractivity contribution in [1.29, 1.82) is 0 Å². The molecule has 0 saturated carbocycles. The quantitative estimate of drug-likeness (QED) is 0.458. The zero-order valence-corrected chi connectivity index (χ0v) is 14.1. The maximum atomic E-state index is 12.2. The highest BCUT2D eigenvalue weighted by atomic mass is 16.6. The first-order chi connectivity index (χ1) is 12.5. The van der Waals surface area contributed by atoms with Gasteiger partial charge in [0.25, 0.3) is 11.6 Å². The second kappa shape index (κ2) is 8.47. The minimum absolute atomic E-state index is 0.0950. The molecule has 0 unspecified atom stereocenters. The molecule has 9 heteroatoms. The van der Waals surface area contributed by atoms with Gasteiger partial charge in [0, 0.05) is 11.8 Å². The molecular weight excluding hydrogens is 344 g/mol. The molecule has 2 aromatic carbocycles. The Bertz CT molecular complexity index is 821. The number of amides is 1. The van der Waals surface area contributed by atoms with Crippen molar-refractivity contribution in [1.82, 2.24) is 0 Å². The third-order valence-electron chi connectivity index (χ3n) is 3.31. The standard InChI is InChI=1S/C17H16N2O7/c1-24-14-8-12(13(19(22)23)9-15(14)25-2)17(21)26-10-16(20)18-11-6-4-3-5-7-11/h3-9H,10H2,1-2H3,(H,18,20). The number of para-hydroxylation sites is 1. The number of benzene rings is 2. The number of anilines is 1. The van der Waals surface area contributed by atoms with Crippen molar-refractivity contribution in [3.63, 3.8) is 0 Å². The highest BCUT2D eigenvalue weighted by Gasteiger charge is 2.26. The van der Waals surface area contributed by atoms with Gasteiger partial charge in [-0.2, -0.15) is 0 Å². The van der Waals surface area contributed by atoms with Crippen LogP contribution in [0.1, 0.15) is 10.4 Å². The molecule has 0 aromatic heterocycles. The summed E-state index contributed by atoms with van der Waals surface area (Å²) < 4.78 is 14.9. The number of nitrogens with one attached hydrogen (secondary N) is 1. The predicted molar refractivity (Wildman–Crippen MR) is 91.6 cm³/mol. The van der Waals surface area contributed by atoms with Gasteiger partial charge < -0.3 is 19.5 Å². The molecule has 26 heavy (non-hydrogen) atoms. The van der Waals surface area contributed by atoms with Crippen LogP contribution in [0.3, 0.4) is 0 Å². The molecule has 0 radical (unpaired) electrons. The van der Waals surface area contributed by atoms with E-state index in [1.807, 2.05) is 0 Å². The Morgan fingerprint density at radius 3 is 2.27 bits per heavy atom. The van der Waals surface area contributed by atoms with Crippen LogP contribution in [-0.2, 0) is 9.53 Å². The lowest BCUT2D eigenvalue weighted by atomic mass is 10.1. The van der Waals surface area contributed by atoms with Gasteiger partial charge in [-0.3, -0.25) is 14.9 Å². The molecule has 0 saturated heterocycles. The number of rotatable bonds is 7. The van der Waals surface area contributed by atoms with E-state index in [9.17, 15) is 19.7 Å². The summed E-state index contributed by atoms with van der Waals surface area (Å²) in [5.41, 5.74) is -0.332. The van der Waals surface area contributed by atoms with E-state index in [-0.39, 0.29) is 17.1 Å².